The van der Waals surface area contributed by atoms with Crippen LogP contribution in [0.3, 0.4) is 0 Å². The maximum Gasteiger partial charge on any atom is 0.314 e. The van der Waals surface area contributed by atoms with Crippen molar-refractivity contribution in [2.75, 3.05) is 32.7 Å². The Balaban J connectivity index is 1.96. The number of carbonyl (C=O) groups is 1. The van der Waals surface area contributed by atoms with Gasteiger partial charge in [-0.05, 0) is 30.9 Å². The summed E-state index contributed by atoms with van der Waals surface area (Å²) in [6.07, 6.45) is 3.41. The highest BCUT2D eigenvalue weighted by Gasteiger charge is 2.20. The summed E-state index contributed by atoms with van der Waals surface area (Å²) < 4.78 is 0. The van der Waals surface area contributed by atoms with Gasteiger partial charge in [-0.3, -0.25) is 0 Å². The van der Waals surface area contributed by atoms with Crippen molar-refractivity contribution in [1.82, 2.24) is 9.80 Å². The van der Waals surface area contributed by atoms with Crippen LogP contribution in [0.1, 0.15) is 37.7 Å². The zero-order chi connectivity index (χ0) is 15.1. The molecule has 4 heteroatoms. The van der Waals surface area contributed by atoms with Crippen LogP contribution in [0.5, 0.6) is 0 Å². The van der Waals surface area contributed by atoms with Crippen molar-refractivity contribution in [3.63, 3.8) is 0 Å². The predicted octanol–water partition coefficient (Wildman–Crippen LogP) is 2.66. The highest BCUT2D eigenvalue weighted by atomic mass is 16.2. The molecule has 1 aliphatic rings. The molecule has 2 rings (SSSR count). The molecule has 4 nitrogen and oxygen atoms in total. The Morgan fingerprint density at radius 1 is 1.19 bits per heavy atom. The number of hydrogen-bond donors (Lipinski definition) is 1. The molecule has 0 radical (unpaired) electrons. The van der Waals surface area contributed by atoms with E-state index in [0.29, 0.717) is 5.92 Å². The van der Waals surface area contributed by atoms with Crippen LogP contribution >= 0.6 is 0 Å². The van der Waals surface area contributed by atoms with Gasteiger partial charge in [-0.25, -0.2) is 4.79 Å². The van der Waals surface area contributed by atoms with Crippen LogP contribution in [0.4, 0.5) is 4.79 Å². The van der Waals surface area contributed by atoms with Crippen molar-refractivity contribution in [3.8, 4) is 0 Å². The standard InChI is InChI=1S/C17H27N3O/c1-2-7-16(15-8-4-3-5-9-15)14-19-10-6-11-20(13-12-19)17(18)21/h3-5,8-9,16H,2,6-7,10-14H2,1H3,(H2,18,21). The molecule has 2 amide bonds. The SMILES string of the molecule is CCCC(CN1CCCN(C(N)=O)CC1)c1ccccc1. The van der Waals surface area contributed by atoms with Gasteiger partial charge in [0.2, 0.25) is 0 Å². The van der Waals surface area contributed by atoms with Crippen LogP contribution in [-0.2, 0) is 0 Å². The molecule has 1 aliphatic heterocycles. The normalized spacial score (nSPS) is 18.2. The molecule has 1 heterocycles. The molecular formula is C17H27N3O. The summed E-state index contributed by atoms with van der Waals surface area (Å²) in [4.78, 5) is 15.5. The van der Waals surface area contributed by atoms with E-state index in [0.717, 1.165) is 39.1 Å². The van der Waals surface area contributed by atoms with Crippen molar-refractivity contribution < 1.29 is 4.79 Å². The molecule has 0 bridgehead atoms. The molecule has 2 N–H and O–H groups in total. The van der Waals surface area contributed by atoms with Gasteiger partial charge in [0.25, 0.3) is 0 Å². The minimum Gasteiger partial charge on any atom is -0.351 e. The van der Waals surface area contributed by atoms with Gasteiger partial charge >= 0.3 is 6.03 Å². The Kier molecular flexibility index (Phi) is 6.05. The summed E-state index contributed by atoms with van der Waals surface area (Å²) in [5, 5.41) is 0. The Labute approximate surface area is 127 Å². The van der Waals surface area contributed by atoms with Gasteiger partial charge in [0.15, 0.2) is 0 Å². The largest absolute Gasteiger partial charge is 0.351 e. The molecule has 116 valence electrons. The molecule has 1 atom stereocenters. The predicted molar refractivity (Wildman–Crippen MR) is 86.3 cm³/mol. The van der Waals surface area contributed by atoms with Crippen LogP contribution in [0.2, 0.25) is 0 Å². The molecule has 0 aromatic heterocycles. The van der Waals surface area contributed by atoms with E-state index in [-0.39, 0.29) is 6.03 Å². The van der Waals surface area contributed by atoms with Gasteiger partial charge in [0.1, 0.15) is 0 Å². The second-order valence-corrected chi connectivity index (χ2v) is 5.88. The monoisotopic (exact) mass is 289 g/mol. The number of nitrogens with zero attached hydrogens (tertiary/aromatic N) is 2. The molecule has 0 saturated carbocycles. The minimum absolute atomic E-state index is 0.287. The fourth-order valence-corrected chi connectivity index (χ4v) is 3.12. The van der Waals surface area contributed by atoms with Gasteiger partial charge in [-0.2, -0.15) is 0 Å². The van der Waals surface area contributed by atoms with Crippen LogP contribution in [0.25, 0.3) is 0 Å². The van der Waals surface area contributed by atoms with Crippen LogP contribution in [0.15, 0.2) is 30.3 Å². The third-order valence-electron chi connectivity index (χ3n) is 4.29. The van der Waals surface area contributed by atoms with Gasteiger partial charge in [-0.1, -0.05) is 43.7 Å². The first kappa shape index (κ1) is 15.8. The van der Waals surface area contributed by atoms with E-state index in [1.807, 2.05) is 0 Å². The smallest absolute Gasteiger partial charge is 0.314 e. The zero-order valence-electron chi connectivity index (χ0n) is 13.0. The first-order chi connectivity index (χ1) is 10.2. The lowest BCUT2D eigenvalue weighted by Gasteiger charge is -2.26. The molecule has 21 heavy (non-hydrogen) atoms. The molecular weight excluding hydrogens is 262 g/mol. The highest BCUT2D eigenvalue weighted by Crippen LogP contribution is 2.23. The lowest BCUT2D eigenvalue weighted by atomic mass is 9.94. The Hall–Kier alpha value is -1.55. The van der Waals surface area contributed by atoms with Crippen molar-refractivity contribution in [2.45, 2.75) is 32.1 Å². The second-order valence-electron chi connectivity index (χ2n) is 5.88. The number of benzene rings is 1. The van der Waals surface area contributed by atoms with E-state index in [1.165, 1.54) is 18.4 Å². The molecule has 1 aromatic rings. The van der Waals surface area contributed by atoms with Crippen LogP contribution in [0, 0.1) is 0 Å². The third-order valence-corrected chi connectivity index (χ3v) is 4.29. The van der Waals surface area contributed by atoms with Crippen LogP contribution in [-0.4, -0.2) is 48.6 Å². The Morgan fingerprint density at radius 2 is 1.95 bits per heavy atom. The molecule has 1 fully saturated rings. The maximum atomic E-state index is 11.3. The summed E-state index contributed by atoms with van der Waals surface area (Å²) in [6.45, 7) is 6.84. The van der Waals surface area contributed by atoms with E-state index in [2.05, 4.69) is 42.2 Å². The lowest BCUT2D eigenvalue weighted by Crippen LogP contribution is -2.39. The summed E-state index contributed by atoms with van der Waals surface area (Å²) in [7, 11) is 0. The first-order valence-corrected chi connectivity index (χ1v) is 8.02. The molecule has 1 saturated heterocycles. The fourth-order valence-electron chi connectivity index (χ4n) is 3.12. The third kappa shape index (κ3) is 4.74. The summed E-state index contributed by atoms with van der Waals surface area (Å²) in [5.41, 5.74) is 6.82. The molecule has 0 aliphatic carbocycles. The Morgan fingerprint density at radius 3 is 2.62 bits per heavy atom. The van der Waals surface area contributed by atoms with Gasteiger partial charge in [-0.15, -0.1) is 0 Å². The van der Waals surface area contributed by atoms with E-state index in [4.69, 9.17) is 5.73 Å². The average Bonchev–Trinajstić information content (AvgIpc) is 2.73. The highest BCUT2D eigenvalue weighted by molar-refractivity contribution is 5.71. The number of hydrogen-bond acceptors (Lipinski definition) is 2. The van der Waals surface area contributed by atoms with Crippen molar-refractivity contribution in [1.29, 1.82) is 0 Å². The van der Waals surface area contributed by atoms with Crippen molar-refractivity contribution in [3.05, 3.63) is 35.9 Å². The number of rotatable bonds is 5. The summed E-state index contributed by atoms with van der Waals surface area (Å²) >= 11 is 0. The fraction of sp³-hybridized carbons (Fsp3) is 0.588. The quantitative estimate of drug-likeness (QED) is 0.906. The minimum atomic E-state index is -0.287. The van der Waals surface area contributed by atoms with Crippen molar-refractivity contribution in [2.24, 2.45) is 5.73 Å². The van der Waals surface area contributed by atoms with Crippen LogP contribution < -0.4 is 5.73 Å². The summed E-state index contributed by atoms with van der Waals surface area (Å²) in [6, 6.07) is 10.5. The maximum absolute atomic E-state index is 11.3. The number of nitrogens with two attached hydrogens (primary N) is 1. The van der Waals surface area contributed by atoms with E-state index in [1.54, 1.807) is 4.90 Å². The lowest BCUT2D eigenvalue weighted by molar-refractivity contribution is 0.206. The molecule has 1 aromatic carbocycles. The van der Waals surface area contributed by atoms with Crippen molar-refractivity contribution >= 4 is 6.03 Å². The van der Waals surface area contributed by atoms with E-state index >= 15 is 0 Å². The van der Waals surface area contributed by atoms with Gasteiger partial charge in [0.05, 0.1) is 0 Å². The topological polar surface area (TPSA) is 49.6 Å². The number of amides is 2. The number of primary amides is 1. The summed E-state index contributed by atoms with van der Waals surface area (Å²) in [5.74, 6) is 0.580. The van der Waals surface area contributed by atoms with E-state index in [9.17, 15) is 4.79 Å². The van der Waals surface area contributed by atoms with E-state index < -0.39 is 0 Å². The van der Waals surface area contributed by atoms with Gasteiger partial charge < -0.3 is 15.5 Å². The number of urea groups is 1. The zero-order valence-corrected chi connectivity index (χ0v) is 13.0. The average molecular weight is 289 g/mol. The molecule has 1 unspecified atom stereocenters. The first-order valence-electron chi connectivity index (χ1n) is 8.02. The Bertz CT molecular complexity index is 435. The second kappa shape index (κ2) is 8.03. The van der Waals surface area contributed by atoms with Gasteiger partial charge in [0, 0.05) is 26.2 Å². The molecule has 0 spiro atoms. The number of carbonyl (C=O) groups excluding carboxylic acids is 1.